The highest BCUT2D eigenvalue weighted by atomic mass is 32.2. The van der Waals surface area contributed by atoms with E-state index >= 15 is 0 Å². The number of hydrogen-bond donors (Lipinski definition) is 0. The third-order valence-corrected chi connectivity index (χ3v) is 4.80. The number of aromatic nitrogens is 3. The predicted molar refractivity (Wildman–Crippen MR) is 101 cm³/mol. The lowest BCUT2D eigenvalue weighted by Crippen LogP contribution is -1.76. The Labute approximate surface area is 158 Å². The highest BCUT2D eigenvalue weighted by Gasteiger charge is 2.15. The zero-order chi connectivity index (χ0) is 18.1. The van der Waals surface area contributed by atoms with Crippen LogP contribution in [-0.4, -0.2) is 15.2 Å². The molecule has 2 aromatic carbocycles. The van der Waals surface area contributed by atoms with Gasteiger partial charge in [0, 0.05) is 10.9 Å². The largest absolute Gasteiger partial charge is 0.451 e. The SMILES string of the molecule is c1ccc(-c2ncc(CSc3nnc(-c4cc5ccccc5o4)o3)o2)cc1. The van der Waals surface area contributed by atoms with E-state index in [1.54, 1.807) is 6.20 Å². The average Bonchev–Trinajstić information content (AvgIpc) is 3.45. The molecule has 0 atom stereocenters. The molecule has 6 nitrogen and oxygen atoms in total. The first-order valence-corrected chi connectivity index (χ1v) is 9.29. The lowest BCUT2D eigenvalue weighted by Gasteiger charge is -1.94. The molecule has 0 N–H and O–H groups in total. The normalized spacial score (nSPS) is 11.3. The molecule has 0 aliphatic carbocycles. The minimum absolute atomic E-state index is 0.358. The highest BCUT2D eigenvalue weighted by Crippen LogP contribution is 2.30. The van der Waals surface area contributed by atoms with Gasteiger partial charge in [0.2, 0.25) is 5.89 Å². The van der Waals surface area contributed by atoms with Crippen molar-refractivity contribution in [2.45, 2.75) is 11.0 Å². The van der Waals surface area contributed by atoms with Crippen LogP contribution >= 0.6 is 11.8 Å². The van der Waals surface area contributed by atoms with Crippen molar-refractivity contribution < 1.29 is 13.3 Å². The summed E-state index contributed by atoms with van der Waals surface area (Å²) >= 11 is 1.39. The maximum atomic E-state index is 5.78. The molecule has 0 radical (unpaired) electrons. The topological polar surface area (TPSA) is 78.1 Å². The summed E-state index contributed by atoms with van der Waals surface area (Å²) in [4.78, 5) is 4.31. The van der Waals surface area contributed by atoms with Gasteiger partial charge in [0.25, 0.3) is 11.1 Å². The number of para-hydroxylation sites is 1. The standard InChI is InChI=1S/C20H13N3O3S/c1-2-6-13(7-3-1)18-21-11-15(24-18)12-27-20-23-22-19(26-20)17-10-14-8-4-5-9-16(14)25-17/h1-11H,12H2. The summed E-state index contributed by atoms with van der Waals surface area (Å²) in [6, 6.07) is 19.4. The Morgan fingerprint density at radius 3 is 2.56 bits per heavy atom. The molecule has 3 heterocycles. The molecular formula is C20H13N3O3S. The molecule has 5 rings (SSSR count). The third-order valence-electron chi connectivity index (χ3n) is 3.95. The first-order chi connectivity index (χ1) is 13.3. The van der Waals surface area contributed by atoms with Crippen LogP contribution in [-0.2, 0) is 5.75 Å². The average molecular weight is 375 g/mol. The number of benzene rings is 2. The molecule has 7 heteroatoms. The Morgan fingerprint density at radius 2 is 1.67 bits per heavy atom. The third kappa shape index (κ3) is 3.24. The molecule has 27 heavy (non-hydrogen) atoms. The van der Waals surface area contributed by atoms with Crippen LogP contribution in [0.4, 0.5) is 0 Å². The van der Waals surface area contributed by atoms with Crippen LogP contribution in [0.15, 0.2) is 85.3 Å². The Bertz CT molecular complexity index is 1160. The smallest absolute Gasteiger partial charge is 0.284 e. The number of rotatable bonds is 5. The summed E-state index contributed by atoms with van der Waals surface area (Å²) in [5.41, 5.74) is 1.73. The fourth-order valence-corrected chi connectivity index (χ4v) is 3.31. The first kappa shape index (κ1) is 15.9. The summed E-state index contributed by atoms with van der Waals surface area (Å²) in [5.74, 6) is 2.79. The quantitative estimate of drug-likeness (QED) is 0.379. The van der Waals surface area contributed by atoms with E-state index in [1.165, 1.54) is 11.8 Å². The minimum atomic E-state index is 0.358. The molecule has 0 aliphatic heterocycles. The van der Waals surface area contributed by atoms with E-state index in [-0.39, 0.29) is 0 Å². The predicted octanol–water partition coefficient (Wildman–Crippen LogP) is 5.43. The molecule has 0 spiro atoms. The minimum Gasteiger partial charge on any atom is -0.451 e. The summed E-state index contributed by atoms with van der Waals surface area (Å²) < 4.78 is 17.2. The van der Waals surface area contributed by atoms with Crippen LogP contribution in [0.3, 0.4) is 0 Å². The van der Waals surface area contributed by atoms with Crippen molar-refractivity contribution in [3.05, 3.63) is 72.6 Å². The van der Waals surface area contributed by atoms with Crippen LogP contribution in [0.5, 0.6) is 0 Å². The van der Waals surface area contributed by atoms with Gasteiger partial charge in [0.15, 0.2) is 5.76 Å². The zero-order valence-corrected chi connectivity index (χ0v) is 14.8. The van der Waals surface area contributed by atoms with Crippen molar-refractivity contribution in [3.63, 3.8) is 0 Å². The second kappa shape index (κ2) is 6.77. The summed E-state index contributed by atoms with van der Waals surface area (Å²) in [5, 5.41) is 9.58. The van der Waals surface area contributed by atoms with Crippen molar-refractivity contribution in [2.75, 3.05) is 0 Å². The van der Waals surface area contributed by atoms with E-state index in [0.717, 1.165) is 22.3 Å². The van der Waals surface area contributed by atoms with E-state index < -0.39 is 0 Å². The molecule has 132 valence electrons. The fourth-order valence-electron chi connectivity index (χ4n) is 2.68. The lowest BCUT2D eigenvalue weighted by atomic mass is 10.2. The maximum absolute atomic E-state index is 5.78. The van der Waals surface area contributed by atoms with Gasteiger partial charge in [-0.3, -0.25) is 0 Å². The number of nitrogens with zero attached hydrogens (tertiary/aromatic N) is 3. The Balaban J connectivity index is 1.29. The molecular weight excluding hydrogens is 362 g/mol. The van der Waals surface area contributed by atoms with Crippen molar-refractivity contribution in [3.8, 4) is 23.1 Å². The fraction of sp³-hybridized carbons (Fsp3) is 0.0500. The molecule has 0 unspecified atom stereocenters. The van der Waals surface area contributed by atoms with E-state index in [2.05, 4.69) is 15.2 Å². The maximum Gasteiger partial charge on any atom is 0.284 e. The Kier molecular flexibility index (Phi) is 3.99. The van der Waals surface area contributed by atoms with Gasteiger partial charge in [-0.1, -0.05) is 48.2 Å². The van der Waals surface area contributed by atoms with Gasteiger partial charge < -0.3 is 13.3 Å². The van der Waals surface area contributed by atoms with Crippen molar-refractivity contribution in [2.24, 2.45) is 0 Å². The van der Waals surface area contributed by atoms with Gasteiger partial charge in [0.05, 0.1) is 11.9 Å². The monoisotopic (exact) mass is 375 g/mol. The van der Waals surface area contributed by atoms with Crippen molar-refractivity contribution in [1.82, 2.24) is 15.2 Å². The van der Waals surface area contributed by atoms with Gasteiger partial charge in [-0.2, -0.15) is 0 Å². The van der Waals surface area contributed by atoms with Crippen molar-refractivity contribution in [1.29, 1.82) is 0 Å². The molecule has 5 aromatic rings. The molecule has 0 saturated heterocycles. The second-order valence-corrected chi connectivity index (χ2v) is 6.73. The van der Waals surface area contributed by atoms with Crippen LogP contribution in [0, 0.1) is 0 Å². The summed E-state index contributed by atoms with van der Waals surface area (Å²) in [7, 11) is 0. The molecule has 3 aromatic heterocycles. The molecule has 0 saturated carbocycles. The molecule has 0 aliphatic rings. The lowest BCUT2D eigenvalue weighted by molar-refractivity contribution is 0.451. The molecule has 0 amide bonds. The molecule has 0 fully saturated rings. The summed E-state index contributed by atoms with van der Waals surface area (Å²) in [6.07, 6.45) is 1.71. The number of thioether (sulfide) groups is 1. The number of oxazole rings is 1. The number of furan rings is 1. The highest BCUT2D eigenvalue weighted by molar-refractivity contribution is 7.98. The Hall–Kier alpha value is -3.32. The van der Waals surface area contributed by atoms with Crippen LogP contribution in [0.2, 0.25) is 0 Å². The second-order valence-electron chi connectivity index (χ2n) is 5.81. The van der Waals surface area contributed by atoms with E-state index in [0.29, 0.717) is 28.5 Å². The van der Waals surface area contributed by atoms with Gasteiger partial charge >= 0.3 is 0 Å². The summed E-state index contributed by atoms with van der Waals surface area (Å²) in [6.45, 7) is 0. The van der Waals surface area contributed by atoms with Crippen LogP contribution in [0.25, 0.3) is 34.1 Å². The van der Waals surface area contributed by atoms with Crippen molar-refractivity contribution >= 4 is 22.7 Å². The molecule has 0 bridgehead atoms. The van der Waals surface area contributed by atoms with Crippen LogP contribution in [0.1, 0.15) is 5.76 Å². The van der Waals surface area contributed by atoms with Gasteiger partial charge in [-0.15, -0.1) is 10.2 Å². The van der Waals surface area contributed by atoms with Gasteiger partial charge in [-0.25, -0.2) is 4.98 Å². The first-order valence-electron chi connectivity index (χ1n) is 8.30. The van der Waals surface area contributed by atoms with Crippen LogP contribution < -0.4 is 0 Å². The van der Waals surface area contributed by atoms with E-state index in [9.17, 15) is 0 Å². The Morgan fingerprint density at radius 1 is 0.815 bits per heavy atom. The van der Waals surface area contributed by atoms with E-state index in [4.69, 9.17) is 13.3 Å². The van der Waals surface area contributed by atoms with Gasteiger partial charge in [0.1, 0.15) is 11.3 Å². The van der Waals surface area contributed by atoms with E-state index in [1.807, 2.05) is 60.7 Å². The van der Waals surface area contributed by atoms with Gasteiger partial charge in [-0.05, 0) is 24.3 Å². The zero-order valence-electron chi connectivity index (χ0n) is 14.0. The number of fused-ring (bicyclic) bond motifs is 1. The number of hydrogen-bond acceptors (Lipinski definition) is 7.